The summed E-state index contributed by atoms with van der Waals surface area (Å²) >= 11 is 0. The Morgan fingerprint density at radius 3 is 2.56 bits per heavy atom. The number of hydrogen-bond donors (Lipinski definition) is 2. The Kier molecular flexibility index (Phi) is 7.87. The number of amides is 3. The van der Waals surface area contributed by atoms with E-state index in [1.165, 1.54) is 19.1 Å². The Morgan fingerprint density at radius 2 is 1.89 bits per heavy atom. The molecular formula is C18H25N3O6. The highest BCUT2D eigenvalue weighted by Gasteiger charge is 2.40. The Bertz CT molecular complexity index is 639. The van der Waals surface area contributed by atoms with Crippen LogP contribution in [0, 0.1) is 0 Å². The van der Waals surface area contributed by atoms with Crippen LogP contribution in [0.25, 0.3) is 0 Å². The average Bonchev–Trinajstić information content (AvgIpc) is 3.10. The topological polar surface area (TPSA) is 106 Å². The fourth-order valence-electron chi connectivity index (χ4n) is 2.76. The van der Waals surface area contributed by atoms with Gasteiger partial charge in [0.2, 0.25) is 5.91 Å². The van der Waals surface area contributed by atoms with E-state index in [2.05, 4.69) is 15.4 Å². The van der Waals surface area contributed by atoms with Crippen LogP contribution in [0.1, 0.15) is 6.42 Å². The fourth-order valence-corrected chi connectivity index (χ4v) is 2.76. The first-order valence-electron chi connectivity index (χ1n) is 8.64. The van der Waals surface area contributed by atoms with E-state index >= 15 is 0 Å². The number of nitrogens with one attached hydrogen (secondary N) is 2. The van der Waals surface area contributed by atoms with Gasteiger partial charge >= 0.3 is 12.0 Å². The summed E-state index contributed by atoms with van der Waals surface area (Å²) < 4.78 is 15.3. The Morgan fingerprint density at radius 1 is 1.15 bits per heavy atom. The highest BCUT2D eigenvalue weighted by atomic mass is 16.5. The van der Waals surface area contributed by atoms with Crippen molar-refractivity contribution >= 4 is 17.9 Å². The van der Waals surface area contributed by atoms with Crippen molar-refractivity contribution in [3.63, 3.8) is 0 Å². The van der Waals surface area contributed by atoms with Crippen LogP contribution in [0.15, 0.2) is 30.3 Å². The number of para-hydroxylation sites is 1. The van der Waals surface area contributed by atoms with Crippen LogP contribution in [0.5, 0.6) is 5.75 Å². The molecule has 2 unspecified atom stereocenters. The summed E-state index contributed by atoms with van der Waals surface area (Å²) in [5.74, 6) is -0.196. The molecule has 0 radical (unpaired) electrons. The van der Waals surface area contributed by atoms with Gasteiger partial charge in [-0.05, 0) is 12.1 Å². The molecule has 9 heteroatoms. The Hall–Kier alpha value is -2.81. The molecule has 27 heavy (non-hydrogen) atoms. The van der Waals surface area contributed by atoms with Gasteiger partial charge in [0.1, 0.15) is 24.4 Å². The minimum Gasteiger partial charge on any atom is -0.488 e. The highest BCUT2D eigenvalue weighted by molar-refractivity contribution is 5.89. The number of likely N-dealkylation sites (tertiary alicyclic amines) is 1. The van der Waals surface area contributed by atoms with Crippen LogP contribution in [0.3, 0.4) is 0 Å². The van der Waals surface area contributed by atoms with E-state index in [0.29, 0.717) is 25.3 Å². The molecule has 0 spiro atoms. The number of ether oxygens (including phenoxy) is 3. The van der Waals surface area contributed by atoms with Crippen LogP contribution in [0.2, 0.25) is 0 Å². The standard InChI is InChI=1S/C18H25N3O6/c1-25-9-8-19-17(23)15-10-14(27-13-6-4-3-5-7-13)12-21(15)18(24)20-11-16(22)26-2/h3-7,14-15H,8-12H2,1-2H3,(H,19,23)(H,20,24). The predicted molar refractivity (Wildman–Crippen MR) is 96.3 cm³/mol. The first-order chi connectivity index (χ1) is 13.0. The summed E-state index contributed by atoms with van der Waals surface area (Å²) in [6.07, 6.45) is 0.00811. The maximum absolute atomic E-state index is 12.5. The SMILES string of the molecule is COCCNC(=O)C1CC(Oc2ccccc2)CN1C(=O)NCC(=O)OC. The normalized spacial score (nSPS) is 18.7. The molecule has 0 aliphatic carbocycles. The van der Waals surface area contributed by atoms with Gasteiger partial charge in [0, 0.05) is 20.1 Å². The molecule has 2 atom stereocenters. The van der Waals surface area contributed by atoms with Gasteiger partial charge in [0.25, 0.3) is 0 Å². The van der Waals surface area contributed by atoms with Gasteiger partial charge in [-0.3, -0.25) is 9.59 Å². The lowest BCUT2D eigenvalue weighted by atomic mass is 10.2. The van der Waals surface area contributed by atoms with E-state index in [-0.39, 0.29) is 25.1 Å². The van der Waals surface area contributed by atoms with Gasteiger partial charge in [-0.1, -0.05) is 18.2 Å². The van der Waals surface area contributed by atoms with Crippen LogP contribution in [0.4, 0.5) is 4.79 Å². The van der Waals surface area contributed by atoms with E-state index in [9.17, 15) is 14.4 Å². The minimum absolute atomic E-state index is 0.226. The smallest absolute Gasteiger partial charge is 0.325 e. The summed E-state index contributed by atoms with van der Waals surface area (Å²) in [7, 11) is 2.78. The van der Waals surface area contributed by atoms with Crippen molar-refractivity contribution in [2.75, 3.05) is 40.5 Å². The number of carbonyl (C=O) groups is 3. The molecule has 3 amide bonds. The summed E-state index contributed by atoms with van der Waals surface area (Å²) in [6.45, 7) is 0.670. The highest BCUT2D eigenvalue weighted by Crippen LogP contribution is 2.23. The quantitative estimate of drug-likeness (QED) is 0.492. The van der Waals surface area contributed by atoms with Gasteiger partial charge in [-0.2, -0.15) is 0 Å². The molecule has 0 aromatic heterocycles. The van der Waals surface area contributed by atoms with Crippen molar-refractivity contribution in [3.8, 4) is 5.75 Å². The number of rotatable bonds is 8. The van der Waals surface area contributed by atoms with Crippen LogP contribution >= 0.6 is 0 Å². The van der Waals surface area contributed by atoms with Crippen molar-refractivity contribution < 1.29 is 28.6 Å². The number of esters is 1. The minimum atomic E-state index is -0.701. The summed E-state index contributed by atoms with van der Waals surface area (Å²) in [5.41, 5.74) is 0. The van der Waals surface area contributed by atoms with Gasteiger partial charge in [-0.15, -0.1) is 0 Å². The molecule has 9 nitrogen and oxygen atoms in total. The lowest BCUT2D eigenvalue weighted by Gasteiger charge is -2.23. The maximum atomic E-state index is 12.5. The van der Waals surface area contributed by atoms with E-state index in [1.807, 2.05) is 30.3 Å². The lowest BCUT2D eigenvalue weighted by Crippen LogP contribution is -2.50. The molecule has 1 aliphatic rings. The molecule has 1 fully saturated rings. The Balaban J connectivity index is 2.02. The molecule has 0 saturated carbocycles. The molecule has 0 bridgehead atoms. The molecule has 148 valence electrons. The second-order valence-electron chi connectivity index (χ2n) is 5.98. The third-order valence-corrected chi connectivity index (χ3v) is 4.09. The summed E-state index contributed by atoms with van der Waals surface area (Å²) in [6, 6.07) is 7.97. The molecule has 1 aliphatic heterocycles. The molecular weight excluding hydrogens is 354 g/mol. The number of nitrogens with zero attached hydrogens (tertiary/aromatic N) is 1. The largest absolute Gasteiger partial charge is 0.488 e. The van der Waals surface area contributed by atoms with Gasteiger partial charge in [-0.25, -0.2) is 4.79 Å². The van der Waals surface area contributed by atoms with E-state index in [1.54, 1.807) is 0 Å². The number of methoxy groups -OCH3 is 2. The van der Waals surface area contributed by atoms with Crippen molar-refractivity contribution in [3.05, 3.63) is 30.3 Å². The van der Waals surface area contributed by atoms with Gasteiger partial charge < -0.3 is 29.7 Å². The molecule has 1 aromatic rings. The van der Waals surface area contributed by atoms with Crippen LogP contribution in [-0.2, 0) is 19.1 Å². The number of benzene rings is 1. The zero-order chi connectivity index (χ0) is 19.6. The molecule has 2 rings (SSSR count). The number of hydrogen-bond acceptors (Lipinski definition) is 6. The summed E-state index contributed by atoms with van der Waals surface area (Å²) in [5, 5.41) is 5.20. The maximum Gasteiger partial charge on any atom is 0.325 e. The fraction of sp³-hybridized carbons (Fsp3) is 0.500. The zero-order valence-corrected chi connectivity index (χ0v) is 15.5. The monoisotopic (exact) mass is 379 g/mol. The number of carbonyl (C=O) groups excluding carboxylic acids is 3. The van der Waals surface area contributed by atoms with Crippen LogP contribution < -0.4 is 15.4 Å². The molecule has 1 aromatic carbocycles. The van der Waals surface area contributed by atoms with Crippen LogP contribution in [-0.4, -0.2) is 75.4 Å². The first-order valence-corrected chi connectivity index (χ1v) is 8.64. The van der Waals surface area contributed by atoms with E-state index in [4.69, 9.17) is 9.47 Å². The zero-order valence-electron chi connectivity index (χ0n) is 15.5. The predicted octanol–water partition coefficient (Wildman–Crippen LogP) is 0.154. The van der Waals surface area contributed by atoms with Gasteiger partial charge in [0.15, 0.2) is 0 Å². The van der Waals surface area contributed by atoms with Crippen molar-refractivity contribution in [2.45, 2.75) is 18.6 Å². The second kappa shape index (κ2) is 10.4. The van der Waals surface area contributed by atoms with E-state index in [0.717, 1.165) is 0 Å². The Labute approximate surface area is 157 Å². The third-order valence-electron chi connectivity index (χ3n) is 4.09. The third kappa shape index (κ3) is 6.14. The molecule has 1 saturated heterocycles. The van der Waals surface area contributed by atoms with E-state index < -0.39 is 18.0 Å². The average molecular weight is 379 g/mol. The van der Waals surface area contributed by atoms with Gasteiger partial charge in [0.05, 0.1) is 20.3 Å². The second-order valence-corrected chi connectivity index (χ2v) is 5.98. The molecule has 2 N–H and O–H groups in total. The summed E-state index contributed by atoms with van der Waals surface area (Å²) in [4.78, 5) is 37.6. The lowest BCUT2D eigenvalue weighted by molar-refractivity contribution is -0.139. The molecule has 1 heterocycles. The van der Waals surface area contributed by atoms with Crippen molar-refractivity contribution in [1.82, 2.24) is 15.5 Å². The van der Waals surface area contributed by atoms with Crippen molar-refractivity contribution in [1.29, 1.82) is 0 Å². The number of urea groups is 1. The van der Waals surface area contributed by atoms with Crippen molar-refractivity contribution in [2.24, 2.45) is 0 Å². The first kappa shape index (κ1) is 20.5.